The molecular weight excluding hydrogens is 459 g/mol. The molecular formula is C20H39BN8O6. The molecule has 198 valence electrons. The maximum atomic E-state index is 13.1. The van der Waals surface area contributed by atoms with Gasteiger partial charge in [0, 0.05) is 20.0 Å². The third-order valence-corrected chi connectivity index (χ3v) is 5.57. The van der Waals surface area contributed by atoms with E-state index in [0.29, 0.717) is 51.6 Å². The lowest BCUT2D eigenvalue weighted by atomic mass is 9.77. The average molecular weight is 498 g/mol. The van der Waals surface area contributed by atoms with Crippen LogP contribution in [0.2, 0.25) is 0 Å². The number of carbonyl (C=O) groups is 4. The Hall–Kier alpha value is -2.91. The number of aliphatic imine (C=N–C) groups is 1. The third kappa shape index (κ3) is 11.4. The monoisotopic (exact) mass is 498 g/mol. The summed E-state index contributed by atoms with van der Waals surface area (Å²) in [5, 5.41) is 26.8. The fraction of sp³-hybridized carbons (Fsp3) is 0.750. The summed E-state index contributed by atoms with van der Waals surface area (Å²) >= 11 is 0. The van der Waals surface area contributed by atoms with Crippen LogP contribution in [-0.4, -0.2) is 95.9 Å². The van der Waals surface area contributed by atoms with Gasteiger partial charge in [-0.3, -0.25) is 24.2 Å². The van der Waals surface area contributed by atoms with Gasteiger partial charge in [-0.2, -0.15) is 0 Å². The van der Waals surface area contributed by atoms with E-state index in [2.05, 4.69) is 20.9 Å². The molecule has 35 heavy (non-hydrogen) atoms. The number of amides is 4. The van der Waals surface area contributed by atoms with E-state index in [4.69, 9.17) is 17.2 Å². The predicted octanol–water partition coefficient (Wildman–Crippen LogP) is -3.72. The predicted molar refractivity (Wildman–Crippen MR) is 130 cm³/mol. The average Bonchev–Trinajstić information content (AvgIpc) is 3.28. The number of nitrogens with one attached hydrogen (secondary N) is 3. The highest BCUT2D eigenvalue weighted by molar-refractivity contribution is 6.43. The molecule has 4 amide bonds. The summed E-state index contributed by atoms with van der Waals surface area (Å²) in [4.78, 5) is 54.8. The van der Waals surface area contributed by atoms with Crippen LogP contribution < -0.4 is 33.2 Å². The zero-order valence-electron chi connectivity index (χ0n) is 20.2. The van der Waals surface area contributed by atoms with E-state index in [1.165, 1.54) is 11.8 Å². The molecule has 1 saturated heterocycles. The first-order valence-electron chi connectivity index (χ1n) is 11.8. The van der Waals surface area contributed by atoms with Gasteiger partial charge >= 0.3 is 7.12 Å². The van der Waals surface area contributed by atoms with Gasteiger partial charge in [0.2, 0.25) is 23.6 Å². The van der Waals surface area contributed by atoms with Crippen LogP contribution in [0.1, 0.15) is 51.9 Å². The first-order chi connectivity index (χ1) is 16.6. The van der Waals surface area contributed by atoms with Gasteiger partial charge in [0.15, 0.2) is 5.96 Å². The quantitative estimate of drug-likeness (QED) is 0.0478. The number of hydrogen-bond donors (Lipinski definition) is 8. The second-order valence-electron chi connectivity index (χ2n) is 8.48. The van der Waals surface area contributed by atoms with Gasteiger partial charge in [0.1, 0.15) is 12.1 Å². The Morgan fingerprint density at radius 1 is 1.09 bits per heavy atom. The Bertz CT molecular complexity index is 749. The van der Waals surface area contributed by atoms with Gasteiger partial charge < -0.3 is 48.1 Å². The summed E-state index contributed by atoms with van der Waals surface area (Å²) in [6.45, 7) is 1.92. The van der Waals surface area contributed by atoms with Crippen molar-refractivity contribution in [3.63, 3.8) is 0 Å². The van der Waals surface area contributed by atoms with E-state index in [1.54, 1.807) is 0 Å². The van der Waals surface area contributed by atoms with Crippen LogP contribution in [0.25, 0.3) is 0 Å². The van der Waals surface area contributed by atoms with Crippen molar-refractivity contribution in [2.45, 2.75) is 69.9 Å². The molecule has 14 nitrogen and oxygen atoms in total. The van der Waals surface area contributed by atoms with Crippen molar-refractivity contribution in [3.8, 4) is 0 Å². The lowest BCUT2D eigenvalue weighted by Crippen LogP contribution is -2.55. The van der Waals surface area contributed by atoms with Crippen LogP contribution in [0.4, 0.5) is 0 Å². The smallest absolute Gasteiger partial charge is 0.426 e. The number of unbranched alkanes of at least 4 members (excludes halogenated alkanes) is 1. The van der Waals surface area contributed by atoms with Crippen molar-refractivity contribution in [2.24, 2.45) is 22.2 Å². The minimum absolute atomic E-state index is 0.0946. The third-order valence-electron chi connectivity index (χ3n) is 5.57. The van der Waals surface area contributed by atoms with Crippen LogP contribution in [0.15, 0.2) is 4.99 Å². The molecule has 0 spiro atoms. The number of nitrogens with two attached hydrogens (primary N) is 3. The molecule has 0 unspecified atom stereocenters. The van der Waals surface area contributed by atoms with E-state index in [9.17, 15) is 29.2 Å². The molecule has 0 aromatic carbocycles. The number of guanidine groups is 1. The van der Waals surface area contributed by atoms with Crippen molar-refractivity contribution in [3.05, 3.63) is 0 Å². The second-order valence-corrected chi connectivity index (χ2v) is 8.48. The fourth-order valence-corrected chi connectivity index (χ4v) is 3.88. The summed E-state index contributed by atoms with van der Waals surface area (Å²) in [6, 6.07) is -1.77. The largest absolute Gasteiger partial charge is 0.475 e. The first kappa shape index (κ1) is 30.1. The van der Waals surface area contributed by atoms with Gasteiger partial charge in [0.05, 0.1) is 12.5 Å². The molecule has 1 aliphatic heterocycles. The summed E-state index contributed by atoms with van der Waals surface area (Å²) in [5.74, 6) is -2.81. The van der Waals surface area contributed by atoms with E-state index < -0.39 is 49.4 Å². The highest BCUT2D eigenvalue weighted by Crippen LogP contribution is 2.20. The summed E-state index contributed by atoms with van der Waals surface area (Å²) in [6.07, 6.45) is 3.31. The van der Waals surface area contributed by atoms with Gasteiger partial charge in [-0.25, -0.2) is 0 Å². The standard InChI is InChI=1S/C20H39BN8O6/c1-13(30)27-14(6-2-3-9-22)18(32)26-12-17(31)28-15(7-4-10-25-20(23)24)19(33)29-11-5-8-16(29)21(34)35/h14-16,34-35H,2-12,22H2,1H3,(H,26,32)(H,27,30)(H,28,31)(H4,23,24,25)/t14-,15-,16-/m0/s1. The summed E-state index contributed by atoms with van der Waals surface area (Å²) in [7, 11) is -1.69. The number of rotatable bonds is 15. The zero-order valence-corrected chi connectivity index (χ0v) is 20.2. The van der Waals surface area contributed by atoms with Crippen molar-refractivity contribution >= 4 is 36.7 Å². The van der Waals surface area contributed by atoms with Gasteiger partial charge in [-0.05, 0) is 51.5 Å². The molecule has 0 radical (unpaired) electrons. The van der Waals surface area contributed by atoms with Crippen molar-refractivity contribution in [2.75, 3.05) is 26.2 Å². The second kappa shape index (κ2) is 15.9. The van der Waals surface area contributed by atoms with E-state index in [1.807, 2.05) is 0 Å². The molecule has 0 bridgehead atoms. The number of nitrogens with zero attached hydrogens (tertiary/aromatic N) is 2. The molecule has 1 aliphatic rings. The SMILES string of the molecule is CC(=O)N[C@@H](CCCCN)C(=O)NCC(=O)N[C@@H](CCCN=C(N)N)C(=O)N1CCC[C@H]1B(O)O. The maximum Gasteiger partial charge on any atom is 0.475 e. The highest BCUT2D eigenvalue weighted by atomic mass is 16.4. The van der Waals surface area contributed by atoms with E-state index >= 15 is 0 Å². The normalized spacial score (nSPS) is 16.7. The van der Waals surface area contributed by atoms with Gasteiger partial charge in [-0.1, -0.05) is 0 Å². The Balaban J connectivity index is 2.77. The molecule has 0 saturated carbocycles. The minimum Gasteiger partial charge on any atom is -0.426 e. The van der Waals surface area contributed by atoms with E-state index in [0.717, 1.165) is 0 Å². The van der Waals surface area contributed by atoms with Crippen LogP contribution in [0, 0.1) is 0 Å². The molecule has 1 heterocycles. The number of likely N-dealkylation sites (tertiary alicyclic amines) is 1. The molecule has 0 aromatic heterocycles. The van der Waals surface area contributed by atoms with Crippen LogP contribution in [-0.2, 0) is 19.2 Å². The highest BCUT2D eigenvalue weighted by Gasteiger charge is 2.39. The molecule has 3 atom stereocenters. The number of carbonyl (C=O) groups excluding carboxylic acids is 4. The van der Waals surface area contributed by atoms with E-state index in [-0.39, 0.29) is 24.8 Å². The molecule has 11 N–H and O–H groups in total. The summed E-state index contributed by atoms with van der Waals surface area (Å²) < 4.78 is 0. The lowest BCUT2D eigenvalue weighted by molar-refractivity contribution is -0.136. The maximum absolute atomic E-state index is 13.1. The molecule has 1 fully saturated rings. The Morgan fingerprint density at radius 2 is 1.77 bits per heavy atom. The topological polar surface area (TPSA) is 238 Å². The van der Waals surface area contributed by atoms with Crippen molar-refractivity contribution in [1.29, 1.82) is 0 Å². The molecule has 0 aromatic rings. The van der Waals surface area contributed by atoms with Gasteiger partial charge in [0.25, 0.3) is 0 Å². The van der Waals surface area contributed by atoms with Gasteiger partial charge in [-0.15, -0.1) is 0 Å². The summed E-state index contributed by atoms with van der Waals surface area (Å²) in [5.41, 5.74) is 16.1. The Morgan fingerprint density at radius 3 is 2.37 bits per heavy atom. The Kier molecular flexibility index (Phi) is 13.7. The minimum atomic E-state index is -1.69. The van der Waals surface area contributed by atoms with Crippen LogP contribution in [0.5, 0.6) is 0 Å². The Labute approximate surface area is 205 Å². The lowest BCUT2D eigenvalue weighted by Gasteiger charge is -2.29. The first-order valence-corrected chi connectivity index (χ1v) is 11.8. The van der Waals surface area contributed by atoms with Crippen LogP contribution >= 0.6 is 0 Å². The van der Waals surface area contributed by atoms with Crippen LogP contribution in [0.3, 0.4) is 0 Å². The van der Waals surface area contributed by atoms with Crippen molar-refractivity contribution in [1.82, 2.24) is 20.9 Å². The molecule has 15 heteroatoms. The van der Waals surface area contributed by atoms with Crippen molar-refractivity contribution < 1.29 is 29.2 Å². The molecule has 1 rings (SSSR count). The fourth-order valence-electron chi connectivity index (χ4n) is 3.88. The molecule has 0 aliphatic carbocycles. The number of hydrogen-bond acceptors (Lipinski definition) is 8. The zero-order chi connectivity index (χ0) is 26.4.